The third-order valence-corrected chi connectivity index (χ3v) is 7.70. The lowest BCUT2D eigenvalue weighted by molar-refractivity contribution is -0.133. The quantitative estimate of drug-likeness (QED) is 0.847. The van der Waals surface area contributed by atoms with E-state index in [9.17, 15) is 13.2 Å². The lowest BCUT2D eigenvalue weighted by Gasteiger charge is -2.36. The van der Waals surface area contributed by atoms with Crippen molar-refractivity contribution in [2.24, 2.45) is 0 Å². The first kappa shape index (κ1) is 19.3. The van der Waals surface area contributed by atoms with Gasteiger partial charge in [0.25, 0.3) is 0 Å². The highest BCUT2D eigenvalue weighted by Gasteiger charge is 2.37. The zero-order valence-electron chi connectivity index (χ0n) is 16.0. The largest absolute Gasteiger partial charge is 0.342 e. The number of nitrogens with zero attached hydrogens (tertiary/aromatic N) is 2. The average Bonchev–Trinajstić information content (AvgIpc) is 2.97. The summed E-state index contributed by atoms with van der Waals surface area (Å²) in [5.74, 6) is -0.192. The van der Waals surface area contributed by atoms with E-state index in [1.54, 1.807) is 24.3 Å². The fourth-order valence-electron chi connectivity index (χ4n) is 4.11. The molecule has 0 aromatic heterocycles. The molecule has 2 aliphatic heterocycles. The Bertz CT molecular complexity index is 749. The molecule has 1 aromatic carbocycles. The second kappa shape index (κ2) is 7.29. The summed E-state index contributed by atoms with van der Waals surface area (Å²) in [7, 11) is 1.48. The number of sulfonamides is 1. The van der Waals surface area contributed by atoms with Crippen LogP contribution in [0.25, 0.3) is 0 Å². The van der Waals surface area contributed by atoms with Crippen LogP contribution in [-0.4, -0.2) is 62.8 Å². The fourth-order valence-corrected chi connectivity index (χ4v) is 5.01. The van der Waals surface area contributed by atoms with Gasteiger partial charge in [0, 0.05) is 39.3 Å². The van der Waals surface area contributed by atoms with Crippen molar-refractivity contribution in [3.8, 4) is 0 Å². The average molecular weight is 380 g/mol. The Morgan fingerprint density at radius 3 is 2.12 bits per heavy atom. The van der Waals surface area contributed by atoms with E-state index in [1.165, 1.54) is 31.2 Å². The maximum Gasteiger partial charge on any atom is 0.242 e. The van der Waals surface area contributed by atoms with E-state index in [2.05, 4.69) is 5.32 Å². The molecule has 2 fully saturated rings. The zero-order chi connectivity index (χ0) is 19.1. The van der Waals surface area contributed by atoms with E-state index in [1.807, 2.05) is 18.9 Å². The molecule has 7 heteroatoms. The number of amides is 1. The van der Waals surface area contributed by atoms with Gasteiger partial charge in [0.1, 0.15) is 0 Å². The number of likely N-dealkylation sites (N-methyl/N-ethyl adjacent to an activating group) is 1. The van der Waals surface area contributed by atoms with Crippen LogP contribution in [0.3, 0.4) is 0 Å². The van der Waals surface area contributed by atoms with Crippen LogP contribution in [-0.2, 0) is 14.8 Å². The van der Waals surface area contributed by atoms with Crippen LogP contribution in [0.5, 0.6) is 0 Å². The molecule has 0 saturated carbocycles. The van der Waals surface area contributed by atoms with Crippen molar-refractivity contribution < 1.29 is 13.2 Å². The molecular weight excluding hydrogens is 350 g/mol. The third-order valence-electron chi connectivity index (χ3n) is 5.87. The first-order chi connectivity index (χ1) is 12.2. The van der Waals surface area contributed by atoms with Crippen molar-refractivity contribution >= 4 is 15.9 Å². The monoisotopic (exact) mass is 379 g/mol. The van der Waals surface area contributed by atoms with Gasteiger partial charge in [0.15, 0.2) is 0 Å². The number of carbonyl (C=O) groups excluding carboxylic acids is 1. The summed E-state index contributed by atoms with van der Waals surface area (Å²) in [4.78, 5) is 15.1. The lowest BCUT2D eigenvalue weighted by atomic mass is 9.95. The topological polar surface area (TPSA) is 69.7 Å². The lowest BCUT2D eigenvalue weighted by Crippen LogP contribution is -2.49. The molecule has 1 aromatic rings. The number of nitrogens with one attached hydrogen (secondary N) is 1. The summed E-state index contributed by atoms with van der Waals surface area (Å²) in [6.45, 7) is 1.89. The molecule has 6 nitrogen and oxygen atoms in total. The van der Waals surface area contributed by atoms with Gasteiger partial charge in [-0.15, -0.1) is 0 Å². The number of fused-ring (bicyclic) bond motifs is 2. The minimum atomic E-state index is -3.45. The van der Waals surface area contributed by atoms with E-state index in [4.69, 9.17) is 0 Å². The summed E-state index contributed by atoms with van der Waals surface area (Å²) in [5.41, 5.74) is 0.844. The van der Waals surface area contributed by atoms with Gasteiger partial charge in [0.2, 0.25) is 15.9 Å². The standard InChI is InChI=1S/C19H29N3O3S/c1-13(14-5-9-18(10-6-14)26(24,25)21(2)3)19(23)22(4)17-11-15-7-8-16(12-17)20-15/h5-6,9-10,13,15-17,20H,7-8,11-12H2,1-4H3. The number of hydrogen-bond donors (Lipinski definition) is 1. The normalized spacial score (nSPS) is 26.7. The Morgan fingerprint density at radius 2 is 1.62 bits per heavy atom. The van der Waals surface area contributed by atoms with Crippen LogP contribution in [0.1, 0.15) is 44.1 Å². The summed E-state index contributed by atoms with van der Waals surface area (Å²) < 4.78 is 25.5. The molecule has 3 unspecified atom stereocenters. The first-order valence-corrected chi connectivity index (χ1v) is 10.7. The third kappa shape index (κ3) is 3.66. The Hall–Kier alpha value is -1.44. The Morgan fingerprint density at radius 1 is 1.08 bits per heavy atom. The van der Waals surface area contributed by atoms with Crippen molar-refractivity contribution in [1.82, 2.24) is 14.5 Å². The van der Waals surface area contributed by atoms with Gasteiger partial charge in [-0.2, -0.15) is 0 Å². The van der Waals surface area contributed by atoms with Crippen molar-refractivity contribution in [2.45, 2.75) is 61.5 Å². The number of rotatable bonds is 5. The maximum absolute atomic E-state index is 12.9. The predicted octanol–water partition coefficient (Wildman–Crippen LogP) is 1.78. The number of benzene rings is 1. The van der Waals surface area contributed by atoms with Gasteiger partial charge >= 0.3 is 0 Å². The van der Waals surface area contributed by atoms with Crippen LogP contribution in [0.2, 0.25) is 0 Å². The molecule has 144 valence electrons. The molecule has 1 N–H and O–H groups in total. The van der Waals surface area contributed by atoms with Crippen LogP contribution in [0.15, 0.2) is 29.2 Å². The number of carbonyl (C=O) groups is 1. The SMILES string of the molecule is CC(C(=O)N(C)C1CC2CCC(C1)N2)c1ccc(S(=O)(=O)N(C)C)cc1. The van der Waals surface area contributed by atoms with Crippen molar-refractivity contribution in [3.63, 3.8) is 0 Å². The van der Waals surface area contributed by atoms with Crippen LogP contribution in [0.4, 0.5) is 0 Å². The molecule has 2 bridgehead atoms. The number of hydrogen-bond acceptors (Lipinski definition) is 4. The van der Waals surface area contributed by atoms with Crippen LogP contribution < -0.4 is 5.32 Å². The highest BCUT2D eigenvalue weighted by atomic mass is 32.2. The Balaban J connectivity index is 1.70. The van der Waals surface area contributed by atoms with Gasteiger partial charge in [-0.3, -0.25) is 4.79 Å². The van der Waals surface area contributed by atoms with E-state index >= 15 is 0 Å². The Kier molecular flexibility index (Phi) is 5.42. The second-order valence-corrected chi connectivity index (χ2v) is 9.94. The summed E-state index contributed by atoms with van der Waals surface area (Å²) in [6, 6.07) is 8.03. The van der Waals surface area contributed by atoms with Crippen molar-refractivity contribution in [3.05, 3.63) is 29.8 Å². The Labute approximate surface area is 156 Å². The van der Waals surface area contributed by atoms with E-state index in [0.29, 0.717) is 12.1 Å². The highest BCUT2D eigenvalue weighted by Crippen LogP contribution is 2.31. The molecule has 0 spiro atoms. The zero-order valence-corrected chi connectivity index (χ0v) is 16.8. The van der Waals surface area contributed by atoms with Crippen LogP contribution >= 0.6 is 0 Å². The predicted molar refractivity (Wildman–Crippen MR) is 101 cm³/mol. The highest BCUT2D eigenvalue weighted by molar-refractivity contribution is 7.89. The summed E-state index contributed by atoms with van der Waals surface area (Å²) in [6.07, 6.45) is 4.46. The summed E-state index contributed by atoms with van der Waals surface area (Å²) in [5, 5.41) is 3.61. The van der Waals surface area contributed by atoms with Gasteiger partial charge in [-0.05, 0) is 50.3 Å². The van der Waals surface area contributed by atoms with Crippen molar-refractivity contribution in [1.29, 1.82) is 0 Å². The van der Waals surface area contributed by atoms with E-state index < -0.39 is 10.0 Å². The minimum Gasteiger partial charge on any atom is -0.342 e. The van der Waals surface area contributed by atoms with Gasteiger partial charge < -0.3 is 10.2 Å². The molecule has 2 aliphatic rings. The molecule has 3 rings (SSSR count). The molecule has 2 saturated heterocycles. The second-order valence-electron chi connectivity index (χ2n) is 7.79. The first-order valence-electron chi connectivity index (χ1n) is 9.25. The molecule has 0 aliphatic carbocycles. The molecule has 1 amide bonds. The molecule has 0 radical (unpaired) electrons. The molecular formula is C19H29N3O3S. The van der Waals surface area contributed by atoms with E-state index in [0.717, 1.165) is 18.4 Å². The number of piperidine rings is 1. The van der Waals surface area contributed by atoms with Gasteiger partial charge in [-0.25, -0.2) is 12.7 Å². The van der Waals surface area contributed by atoms with Crippen molar-refractivity contribution in [2.75, 3.05) is 21.1 Å². The van der Waals surface area contributed by atoms with Gasteiger partial charge in [0.05, 0.1) is 10.8 Å². The molecule has 3 atom stereocenters. The fraction of sp³-hybridized carbons (Fsp3) is 0.632. The molecule has 26 heavy (non-hydrogen) atoms. The van der Waals surface area contributed by atoms with Crippen LogP contribution in [0, 0.1) is 0 Å². The summed E-state index contributed by atoms with van der Waals surface area (Å²) >= 11 is 0. The maximum atomic E-state index is 12.9. The van der Waals surface area contributed by atoms with Gasteiger partial charge in [-0.1, -0.05) is 12.1 Å². The van der Waals surface area contributed by atoms with E-state index in [-0.39, 0.29) is 22.8 Å². The smallest absolute Gasteiger partial charge is 0.242 e. The molecule has 2 heterocycles. The minimum absolute atomic E-state index is 0.0968.